The van der Waals surface area contributed by atoms with Gasteiger partial charge in [0.1, 0.15) is 18.1 Å². The Balaban J connectivity index is 2.67. The molecule has 0 aliphatic rings. The van der Waals surface area contributed by atoms with Gasteiger partial charge in [-0.3, -0.25) is 9.59 Å². The number of aromatic hydroxyl groups is 1. The fraction of sp³-hybridized carbons (Fsp3) is 0.250. The average molecular weight is 263 g/mol. The Kier molecular flexibility index (Phi) is 3.22. The third kappa shape index (κ3) is 2.04. The molecular formula is C12H13N3O4. The minimum absolute atomic E-state index is 0.0216. The van der Waals surface area contributed by atoms with E-state index < -0.39 is 18.4 Å². The van der Waals surface area contributed by atoms with Gasteiger partial charge in [-0.2, -0.15) is 0 Å². The van der Waals surface area contributed by atoms with E-state index >= 15 is 0 Å². The Morgan fingerprint density at radius 2 is 2.11 bits per heavy atom. The van der Waals surface area contributed by atoms with Gasteiger partial charge in [0.15, 0.2) is 0 Å². The van der Waals surface area contributed by atoms with E-state index in [1.54, 1.807) is 0 Å². The lowest BCUT2D eigenvalue weighted by molar-refractivity contribution is -0.124. The molecule has 2 aromatic heterocycles. The zero-order chi connectivity index (χ0) is 14.2. The Morgan fingerprint density at radius 3 is 2.68 bits per heavy atom. The van der Waals surface area contributed by atoms with Crippen molar-refractivity contribution in [3.8, 4) is 5.75 Å². The highest BCUT2D eigenvalue weighted by atomic mass is 16.3. The Bertz CT molecular complexity index is 660. The molecule has 2 aromatic rings. The summed E-state index contributed by atoms with van der Waals surface area (Å²) in [5.74, 6) is -1.63. The highest BCUT2D eigenvalue weighted by Crippen LogP contribution is 2.28. The van der Waals surface area contributed by atoms with Crippen molar-refractivity contribution in [1.29, 1.82) is 0 Å². The molecule has 19 heavy (non-hydrogen) atoms. The lowest BCUT2D eigenvalue weighted by Crippen LogP contribution is -2.29. The van der Waals surface area contributed by atoms with Crippen molar-refractivity contribution < 1.29 is 19.8 Å². The maximum absolute atomic E-state index is 12.1. The number of ketones is 1. The second kappa shape index (κ2) is 4.69. The van der Waals surface area contributed by atoms with E-state index in [4.69, 9.17) is 0 Å². The Hall–Kier alpha value is -2.41. The highest BCUT2D eigenvalue weighted by Gasteiger charge is 2.25. The molecule has 7 heteroatoms. The first-order valence-electron chi connectivity index (χ1n) is 5.51. The lowest BCUT2D eigenvalue weighted by Gasteiger charge is -2.08. The predicted octanol–water partition coefficient (Wildman–Crippen LogP) is -0.0374. The van der Waals surface area contributed by atoms with E-state index in [1.165, 1.54) is 37.1 Å². The van der Waals surface area contributed by atoms with Gasteiger partial charge in [0.25, 0.3) is 11.7 Å². The number of fused-ring (bicyclic) bond motifs is 1. The van der Waals surface area contributed by atoms with Crippen LogP contribution in [0.5, 0.6) is 5.75 Å². The molecule has 0 atom stereocenters. The molecule has 1 amide bonds. The number of rotatable bonds is 3. The van der Waals surface area contributed by atoms with Gasteiger partial charge >= 0.3 is 0 Å². The van der Waals surface area contributed by atoms with E-state index in [0.29, 0.717) is 0 Å². The summed E-state index contributed by atoms with van der Waals surface area (Å²) < 4.78 is 1.28. The smallest absolute Gasteiger partial charge is 0.294 e. The minimum atomic E-state index is -0.759. The number of aliphatic hydroxyl groups excluding tert-OH is 1. The molecule has 0 aliphatic carbocycles. The number of aromatic nitrogens is 2. The number of likely N-dealkylation sites (N-methyl/N-ethyl adjacent to an activating group) is 1. The van der Waals surface area contributed by atoms with Crippen molar-refractivity contribution in [3.05, 3.63) is 24.0 Å². The van der Waals surface area contributed by atoms with E-state index in [0.717, 1.165) is 4.90 Å². The summed E-state index contributed by atoms with van der Waals surface area (Å²) in [6.07, 6.45) is 2.66. The van der Waals surface area contributed by atoms with E-state index in [1.807, 2.05) is 0 Å². The monoisotopic (exact) mass is 263 g/mol. The van der Waals surface area contributed by atoms with Gasteiger partial charge in [0, 0.05) is 26.5 Å². The molecule has 2 N–H and O–H groups in total. The fourth-order valence-electron chi connectivity index (χ4n) is 1.80. The molecule has 100 valence electrons. The van der Waals surface area contributed by atoms with Crippen LogP contribution in [0.1, 0.15) is 10.4 Å². The molecule has 0 saturated heterocycles. The summed E-state index contributed by atoms with van der Waals surface area (Å²) in [6.45, 7) is -0.406. The van der Waals surface area contributed by atoms with E-state index in [-0.39, 0.29) is 22.3 Å². The van der Waals surface area contributed by atoms with Crippen LogP contribution in [0.3, 0.4) is 0 Å². The quantitative estimate of drug-likeness (QED) is 0.598. The highest BCUT2D eigenvalue weighted by molar-refractivity contribution is 6.45. The average Bonchev–Trinajstić information content (AvgIpc) is 2.77. The summed E-state index contributed by atoms with van der Waals surface area (Å²) in [6, 6.07) is 1.32. The van der Waals surface area contributed by atoms with Crippen molar-refractivity contribution in [2.24, 2.45) is 0 Å². The number of pyridine rings is 1. The van der Waals surface area contributed by atoms with Gasteiger partial charge in [0.05, 0.1) is 10.9 Å². The van der Waals surface area contributed by atoms with Gasteiger partial charge in [-0.1, -0.05) is 0 Å². The standard InChI is InChI=1S/C12H13N3O4/c1-14(2)12(19)10(18)7-5-15(6-16)11-9(7)8(17)3-4-13-11/h3-5,16H,6H2,1-2H3,(H,13,17). The fourth-order valence-corrected chi connectivity index (χ4v) is 1.80. The van der Waals surface area contributed by atoms with Crippen LogP contribution >= 0.6 is 0 Å². The van der Waals surface area contributed by atoms with Crippen LogP contribution in [-0.4, -0.2) is 50.4 Å². The van der Waals surface area contributed by atoms with Crippen LogP contribution in [0, 0.1) is 0 Å². The van der Waals surface area contributed by atoms with Gasteiger partial charge in [-0.15, -0.1) is 0 Å². The molecule has 0 aromatic carbocycles. The molecule has 0 saturated carbocycles. The first kappa shape index (κ1) is 13.0. The van der Waals surface area contributed by atoms with Crippen LogP contribution in [0.2, 0.25) is 0 Å². The molecule has 0 fully saturated rings. The van der Waals surface area contributed by atoms with Gasteiger partial charge in [-0.05, 0) is 6.07 Å². The predicted molar refractivity (Wildman–Crippen MR) is 66.6 cm³/mol. The number of hydrogen-bond donors (Lipinski definition) is 2. The van der Waals surface area contributed by atoms with E-state index in [9.17, 15) is 19.8 Å². The summed E-state index contributed by atoms with van der Waals surface area (Å²) in [4.78, 5) is 28.9. The second-order valence-electron chi connectivity index (χ2n) is 4.21. The summed E-state index contributed by atoms with van der Waals surface area (Å²) in [5.41, 5.74) is 0.269. The zero-order valence-electron chi connectivity index (χ0n) is 10.5. The zero-order valence-corrected chi connectivity index (χ0v) is 10.5. The van der Waals surface area contributed by atoms with Crippen LogP contribution in [0.25, 0.3) is 11.0 Å². The van der Waals surface area contributed by atoms with Crippen molar-refractivity contribution in [1.82, 2.24) is 14.5 Å². The number of nitrogens with zero attached hydrogens (tertiary/aromatic N) is 3. The van der Waals surface area contributed by atoms with Crippen molar-refractivity contribution in [2.75, 3.05) is 14.1 Å². The number of carbonyl (C=O) groups excluding carboxylic acids is 2. The third-order valence-corrected chi connectivity index (χ3v) is 2.73. The maximum atomic E-state index is 12.1. The summed E-state index contributed by atoms with van der Waals surface area (Å²) >= 11 is 0. The van der Waals surface area contributed by atoms with Crippen LogP contribution in [-0.2, 0) is 11.5 Å². The summed E-state index contributed by atoms with van der Waals surface area (Å²) in [7, 11) is 2.92. The van der Waals surface area contributed by atoms with Crippen molar-refractivity contribution in [3.63, 3.8) is 0 Å². The number of amides is 1. The molecule has 0 radical (unpaired) electrons. The van der Waals surface area contributed by atoms with Crippen molar-refractivity contribution in [2.45, 2.75) is 6.73 Å². The van der Waals surface area contributed by atoms with Crippen LogP contribution in [0.15, 0.2) is 18.5 Å². The van der Waals surface area contributed by atoms with Crippen molar-refractivity contribution >= 4 is 22.7 Å². The SMILES string of the molecule is CN(C)C(=O)C(=O)c1cn(CO)c2nccc(O)c12. The molecule has 7 nitrogen and oxygen atoms in total. The number of hydrogen-bond acceptors (Lipinski definition) is 5. The molecule has 0 bridgehead atoms. The summed E-state index contributed by atoms with van der Waals surface area (Å²) in [5, 5.41) is 19.2. The molecule has 0 aliphatic heterocycles. The van der Waals surface area contributed by atoms with Crippen LogP contribution in [0.4, 0.5) is 0 Å². The largest absolute Gasteiger partial charge is 0.507 e. The maximum Gasteiger partial charge on any atom is 0.294 e. The number of Topliss-reactive ketones (excluding diaryl/α,β-unsaturated/α-hetero) is 1. The third-order valence-electron chi connectivity index (χ3n) is 2.73. The van der Waals surface area contributed by atoms with E-state index in [2.05, 4.69) is 4.98 Å². The normalized spacial score (nSPS) is 10.7. The Labute approximate surface area is 108 Å². The molecular weight excluding hydrogens is 250 g/mol. The Morgan fingerprint density at radius 1 is 1.42 bits per heavy atom. The second-order valence-corrected chi connectivity index (χ2v) is 4.21. The topological polar surface area (TPSA) is 95.7 Å². The molecule has 0 spiro atoms. The number of carbonyl (C=O) groups is 2. The minimum Gasteiger partial charge on any atom is -0.507 e. The van der Waals surface area contributed by atoms with Crippen LogP contribution < -0.4 is 0 Å². The molecule has 2 heterocycles. The van der Waals surface area contributed by atoms with Gasteiger partial charge < -0.3 is 19.7 Å². The lowest BCUT2D eigenvalue weighted by atomic mass is 10.1. The first-order valence-corrected chi connectivity index (χ1v) is 5.51. The first-order chi connectivity index (χ1) is 8.97. The molecule has 2 rings (SSSR count). The van der Waals surface area contributed by atoms with Gasteiger partial charge in [-0.25, -0.2) is 4.98 Å². The number of aliphatic hydroxyl groups is 1. The molecule has 0 unspecified atom stereocenters. The van der Waals surface area contributed by atoms with Gasteiger partial charge in [0.2, 0.25) is 0 Å².